The van der Waals surface area contributed by atoms with Crippen LogP contribution in [0, 0.1) is 5.92 Å². The summed E-state index contributed by atoms with van der Waals surface area (Å²) in [5, 5.41) is 2.91. The molecule has 1 atom stereocenters. The standard InChI is InChI=1S/C17H21N3O2/c21-16(19-12-13-6-8-18-9-7-13)14-4-3-5-15(14)17(22)20-10-1-2-11-20/h4,6-9,15H,1-3,5,10-12H2,(H,19,21). The number of pyridine rings is 1. The number of amides is 2. The van der Waals surface area contributed by atoms with Crippen molar-refractivity contribution in [2.75, 3.05) is 13.1 Å². The molecular weight excluding hydrogens is 278 g/mol. The minimum absolute atomic E-state index is 0.119. The van der Waals surface area contributed by atoms with Gasteiger partial charge in [0, 0.05) is 37.6 Å². The van der Waals surface area contributed by atoms with Crippen LogP contribution in [0.4, 0.5) is 0 Å². The molecular formula is C17H21N3O2. The first-order valence-electron chi connectivity index (χ1n) is 7.91. The first-order chi connectivity index (χ1) is 10.8. The van der Waals surface area contributed by atoms with Crippen molar-refractivity contribution in [2.24, 2.45) is 5.92 Å². The Bertz CT molecular complexity index is 577. The zero-order chi connectivity index (χ0) is 15.4. The summed E-state index contributed by atoms with van der Waals surface area (Å²) in [6, 6.07) is 3.74. The van der Waals surface area contributed by atoms with Crippen molar-refractivity contribution in [1.29, 1.82) is 0 Å². The van der Waals surface area contributed by atoms with Gasteiger partial charge in [-0.25, -0.2) is 0 Å². The molecule has 116 valence electrons. The van der Waals surface area contributed by atoms with Crippen molar-refractivity contribution < 1.29 is 9.59 Å². The molecule has 1 saturated heterocycles. The van der Waals surface area contributed by atoms with E-state index >= 15 is 0 Å². The minimum atomic E-state index is -0.254. The largest absolute Gasteiger partial charge is 0.348 e. The maximum absolute atomic E-state index is 12.5. The maximum Gasteiger partial charge on any atom is 0.247 e. The summed E-state index contributed by atoms with van der Waals surface area (Å²) in [5.74, 6) is -0.247. The van der Waals surface area contributed by atoms with Gasteiger partial charge in [0.25, 0.3) is 0 Å². The molecule has 3 rings (SSSR count). The molecule has 0 radical (unpaired) electrons. The van der Waals surface area contributed by atoms with Crippen LogP contribution in [0.15, 0.2) is 36.2 Å². The summed E-state index contributed by atoms with van der Waals surface area (Å²) >= 11 is 0. The molecule has 1 aliphatic carbocycles. The van der Waals surface area contributed by atoms with Crippen molar-refractivity contribution in [1.82, 2.24) is 15.2 Å². The van der Waals surface area contributed by atoms with E-state index in [1.165, 1.54) is 0 Å². The van der Waals surface area contributed by atoms with Gasteiger partial charge in [0.1, 0.15) is 0 Å². The van der Waals surface area contributed by atoms with E-state index in [1.54, 1.807) is 12.4 Å². The summed E-state index contributed by atoms with van der Waals surface area (Å²) in [6.45, 7) is 2.13. The highest BCUT2D eigenvalue weighted by molar-refractivity contribution is 6.00. The fraction of sp³-hybridized carbons (Fsp3) is 0.471. The molecule has 5 heteroatoms. The van der Waals surface area contributed by atoms with Crippen LogP contribution in [0.25, 0.3) is 0 Å². The first kappa shape index (κ1) is 14.8. The van der Waals surface area contributed by atoms with E-state index in [9.17, 15) is 9.59 Å². The summed E-state index contributed by atoms with van der Waals surface area (Å²) in [7, 11) is 0. The predicted octanol–water partition coefficient (Wildman–Crippen LogP) is 1.66. The lowest BCUT2D eigenvalue weighted by Crippen LogP contribution is -2.37. The van der Waals surface area contributed by atoms with Crippen LogP contribution < -0.4 is 5.32 Å². The van der Waals surface area contributed by atoms with E-state index in [4.69, 9.17) is 0 Å². The summed E-state index contributed by atoms with van der Waals surface area (Å²) in [4.78, 5) is 30.8. The second kappa shape index (κ2) is 6.73. The van der Waals surface area contributed by atoms with Crippen molar-refractivity contribution in [3.8, 4) is 0 Å². The van der Waals surface area contributed by atoms with Gasteiger partial charge in [0.05, 0.1) is 5.92 Å². The van der Waals surface area contributed by atoms with Gasteiger partial charge < -0.3 is 10.2 Å². The Kier molecular flexibility index (Phi) is 4.51. The van der Waals surface area contributed by atoms with E-state index in [2.05, 4.69) is 10.3 Å². The molecule has 1 N–H and O–H groups in total. The van der Waals surface area contributed by atoms with E-state index in [-0.39, 0.29) is 17.7 Å². The number of rotatable bonds is 4. The molecule has 1 unspecified atom stereocenters. The number of carbonyl (C=O) groups is 2. The fourth-order valence-corrected chi connectivity index (χ4v) is 3.15. The van der Waals surface area contributed by atoms with E-state index < -0.39 is 0 Å². The molecule has 1 aliphatic heterocycles. The molecule has 2 heterocycles. The van der Waals surface area contributed by atoms with Crippen molar-refractivity contribution in [2.45, 2.75) is 32.2 Å². The third-order valence-electron chi connectivity index (χ3n) is 4.38. The number of likely N-dealkylation sites (tertiary alicyclic amines) is 1. The van der Waals surface area contributed by atoms with Gasteiger partial charge in [-0.3, -0.25) is 14.6 Å². The molecule has 1 aromatic rings. The lowest BCUT2D eigenvalue weighted by Gasteiger charge is -2.21. The van der Waals surface area contributed by atoms with Crippen molar-refractivity contribution in [3.63, 3.8) is 0 Å². The van der Waals surface area contributed by atoms with E-state index in [1.807, 2.05) is 23.1 Å². The molecule has 0 bridgehead atoms. The van der Waals surface area contributed by atoms with Gasteiger partial charge in [0.2, 0.25) is 11.8 Å². The number of hydrogen-bond acceptors (Lipinski definition) is 3. The molecule has 5 nitrogen and oxygen atoms in total. The highest BCUT2D eigenvalue weighted by Gasteiger charge is 2.34. The number of nitrogens with zero attached hydrogens (tertiary/aromatic N) is 2. The van der Waals surface area contributed by atoms with Crippen molar-refractivity contribution in [3.05, 3.63) is 41.7 Å². The second-order valence-corrected chi connectivity index (χ2v) is 5.86. The molecule has 0 saturated carbocycles. The zero-order valence-electron chi connectivity index (χ0n) is 12.6. The van der Waals surface area contributed by atoms with Gasteiger partial charge in [0.15, 0.2) is 0 Å². The van der Waals surface area contributed by atoms with Crippen LogP contribution in [-0.2, 0) is 16.1 Å². The molecule has 2 amide bonds. The molecule has 1 fully saturated rings. The molecule has 22 heavy (non-hydrogen) atoms. The third kappa shape index (κ3) is 3.18. The quantitative estimate of drug-likeness (QED) is 0.919. The predicted molar refractivity (Wildman–Crippen MR) is 82.7 cm³/mol. The van der Waals surface area contributed by atoms with Gasteiger partial charge in [-0.1, -0.05) is 6.08 Å². The molecule has 1 aromatic heterocycles. The lowest BCUT2D eigenvalue weighted by molar-refractivity contribution is -0.134. The monoisotopic (exact) mass is 299 g/mol. The van der Waals surface area contributed by atoms with Crippen LogP contribution in [-0.4, -0.2) is 34.8 Å². The van der Waals surface area contributed by atoms with Crippen LogP contribution in [0.5, 0.6) is 0 Å². The molecule has 2 aliphatic rings. The maximum atomic E-state index is 12.5. The third-order valence-corrected chi connectivity index (χ3v) is 4.38. The number of nitrogens with one attached hydrogen (secondary N) is 1. The Morgan fingerprint density at radius 2 is 1.95 bits per heavy atom. The Morgan fingerprint density at radius 3 is 2.68 bits per heavy atom. The fourth-order valence-electron chi connectivity index (χ4n) is 3.15. The Morgan fingerprint density at radius 1 is 1.23 bits per heavy atom. The summed E-state index contributed by atoms with van der Waals surface area (Å²) in [6.07, 6.45) is 9.04. The first-order valence-corrected chi connectivity index (χ1v) is 7.91. The lowest BCUT2D eigenvalue weighted by atomic mass is 9.99. The second-order valence-electron chi connectivity index (χ2n) is 5.86. The van der Waals surface area contributed by atoms with Crippen molar-refractivity contribution >= 4 is 11.8 Å². The average molecular weight is 299 g/mol. The Hall–Kier alpha value is -2.17. The number of hydrogen-bond donors (Lipinski definition) is 1. The Balaban J connectivity index is 1.60. The van der Waals surface area contributed by atoms with Gasteiger partial charge in [-0.15, -0.1) is 0 Å². The average Bonchev–Trinajstić information content (AvgIpc) is 3.24. The normalized spacial score (nSPS) is 20.8. The SMILES string of the molecule is O=C(NCc1ccncc1)C1=CCCC1C(=O)N1CCCC1. The van der Waals surface area contributed by atoms with Crippen LogP contribution >= 0.6 is 0 Å². The topological polar surface area (TPSA) is 62.3 Å². The van der Waals surface area contributed by atoms with Crippen LogP contribution in [0.3, 0.4) is 0 Å². The smallest absolute Gasteiger partial charge is 0.247 e. The van der Waals surface area contributed by atoms with Gasteiger partial charge in [-0.05, 0) is 43.4 Å². The highest BCUT2D eigenvalue weighted by atomic mass is 16.2. The van der Waals surface area contributed by atoms with Crippen LogP contribution in [0.2, 0.25) is 0 Å². The van der Waals surface area contributed by atoms with Gasteiger partial charge >= 0.3 is 0 Å². The number of allylic oxidation sites excluding steroid dienone is 1. The van der Waals surface area contributed by atoms with E-state index in [0.717, 1.165) is 44.3 Å². The van der Waals surface area contributed by atoms with E-state index in [0.29, 0.717) is 12.1 Å². The Labute approximate surface area is 130 Å². The molecule has 0 aromatic carbocycles. The summed E-state index contributed by atoms with van der Waals surface area (Å²) < 4.78 is 0. The summed E-state index contributed by atoms with van der Waals surface area (Å²) in [5.41, 5.74) is 1.65. The minimum Gasteiger partial charge on any atom is -0.348 e. The molecule has 0 spiro atoms. The van der Waals surface area contributed by atoms with Crippen LogP contribution in [0.1, 0.15) is 31.2 Å². The highest BCUT2D eigenvalue weighted by Crippen LogP contribution is 2.29. The number of carbonyl (C=O) groups excluding carboxylic acids is 2. The zero-order valence-corrected chi connectivity index (χ0v) is 12.6. The number of aromatic nitrogens is 1. The van der Waals surface area contributed by atoms with Gasteiger partial charge in [-0.2, -0.15) is 0 Å².